The van der Waals surface area contributed by atoms with Gasteiger partial charge in [-0.25, -0.2) is 0 Å². The van der Waals surface area contributed by atoms with Crippen molar-refractivity contribution in [3.8, 4) is 11.5 Å². The Morgan fingerprint density at radius 2 is 1.67 bits per heavy atom. The zero-order valence-electron chi connectivity index (χ0n) is 12.3. The molecule has 0 atom stereocenters. The van der Waals surface area contributed by atoms with E-state index in [1.165, 1.54) is 5.56 Å². The fraction of sp³-hybridized carbons (Fsp3) is 0.625. The van der Waals surface area contributed by atoms with Gasteiger partial charge in [0.1, 0.15) is 11.5 Å². The second-order valence-electron chi connectivity index (χ2n) is 5.26. The summed E-state index contributed by atoms with van der Waals surface area (Å²) in [5.74, 6) is 2.31. The molecule has 102 valence electrons. The summed E-state index contributed by atoms with van der Waals surface area (Å²) < 4.78 is 11.6. The first-order chi connectivity index (χ1) is 8.52. The summed E-state index contributed by atoms with van der Waals surface area (Å²) in [5.41, 5.74) is 1.26. The number of ether oxygens (including phenoxy) is 2. The predicted molar refractivity (Wildman–Crippen MR) is 76.7 cm³/mol. The van der Waals surface area contributed by atoms with Crippen LogP contribution in [0.4, 0.5) is 0 Å². The van der Waals surface area contributed by atoms with E-state index in [1.807, 2.05) is 19.9 Å². The molecular formula is C16H26O2. The molecule has 2 heteroatoms. The van der Waals surface area contributed by atoms with Gasteiger partial charge in [-0.3, -0.25) is 0 Å². The minimum Gasteiger partial charge on any atom is -0.493 e. The first kappa shape index (κ1) is 14.9. The molecule has 1 aromatic rings. The lowest BCUT2D eigenvalue weighted by molar-refractivity contribution is 0.239. The van der Waals surface area contributed by atoms with Crippen LogP contribution in [0.15, 0.2) is 18.2 Å². The summed E-state index contributed by atoms with van der Waals surface area (Å²) in [4.78, 5) is 0. The smallest absolute Gasteiger partial charge is 0.123 e. The van der Waals surface area contributed by atoms with Crippen molar-refractivity contribution in [2.45, 2.75) is 59.5 Å². The molecule has 0 amide bonds. The maximum absolute atomic E-state index is 5.78. The Bertz CT molecular complexity index is 356. The van der Waals surface area contributed by atoms with Crippen LogP contribution in [0, 0.1) is 0 Å². The topological polar surface area (TPSA) is 18.5 Å². The molecule has 0 fully saturated rings. The summed E-state index contributed by atoms with van der Waals surface area (Å²) >= 11 is 0. The van der Waals surface area contributed by atoms with Crippen LogP contribution >= 0.6 is 0 Å². The number of benzene rings is 1. The van der Waals surface area contributed by atoms with E-state index in [1.54, 1.807) is 0 Å². The quantitative estimate of drug-likeness (QED) is 0.649. The molecule has 0 aromatic heterocycles. The van der Waals surface area contributed by atoms with Crippen molar-refractivity contribution in [2.24, 2.45) is 0 Å². The molecule has 2 nitrogen and oxygen atoms in total. The summed E-state index contributed by atoms with van der Waals surface area (Å²) in [6, 6.07) is 6.21. The highest BCUT2D eigenvalue weighted by Gasteiger charge is 2.07. The monoisotopic (exact) mass is 250 g/mol. The van der Waals surface area contributed by atoms with E-state index in [4.69, 9.17) is 9.47 Å². The predicted octanol–water partition coefficient (Wildman–Crippen LogP) is 4.78. The van der Waals surface area contributed by atoms with Gasteiger partial charge in [0, 0.05) is 6.07 Å². The van der Waals surface area contributed by atoms with Gasteiger partial charge in [0.2, 0.25) is 0 Å². The molecule has 0 saturated heterocycles. The van der Waals surface area contributed by atoms with E-state index < -0.39 is 0 Å². The summed E-state index contributed by atoms with van der Waals surface area (Å²) in [5, 5.41) is 0. The Labute approximate surface area is 111 Å². The third-order valence-electron chi connectivity index (χ3n) is 2.71. The Kier molecular flexibility index (Phi) is 6.03. The Morgan fingerprint density at radius 1 is 1.00 bits per heavy atom. The summed E-state index contributed by atoms with van der Waals surface area (Å²) in [7, 11) is 0. The number of hydrogen-bond acceptors (Lipinski definition) is 2. The fourth-order valence-corrected chi connectivity index (χ4v) is 1.68. The van der Waals surface area contributed by atoms with Gasteiger partial charge in [-0.1, -0.05) is 27.2 Å². The average molecular weight is 250 g/mol. The normalized spacial score (nSPS) is 11.1. The summed E-state index contributed by atoms with van der Waals surface area (Å²) in [6.45, 7) is 11.4. The molecule has 0 aliphatic rings. The van der Waals surface area contributed by atoms with Crippen LogP contribution in [0.3, 0.4) is 0 Å². The molecule has 0 spiro atoms. The fourth-order valence-electron chi connectivity index (χ4n) is 1.68. The summed E-state index contributed by atoms with van der Waals surface area (Å²) in [6.07, 6.45) is 2.43. The molecule has 0 heterocycles. The first-order valence-corrected chi connectivity index (χ1v) is 6.97. The van der Waals surface area contributed by atoms with Crippen molar-refractivity contribution in [1.82, 2.24) is 0 Å². The Balaban J connectivity index is 2.84. The van der Waals surface area contributed by atoms with Crippen LogP contribution in [0.5, 0.6) is 11.5 Å². The van der Waals surface area contributed by atoms with Crippen LogP contribution < -0.4 is 9.47 Å². The minimum atomic E-state index is 0.191. The highest BCUT2D eigenvalue weighted by atomic mass is 16.5. The molecule has 0 bridgehead atoms. The van der Waals surface area contributed by atoms with E-state index in [9.17, 15) is 0 Å². The van der Waals surface area contributed by atoms with Gasteiger partial charge in [-0.05, 0) is 43.9 Å². The molecule has 0 aliphatic heterocycles. The maximum atomic E-state index is 5.78. The molecule has 0 radical (unpaired) electrons. The zero-order chi connectivity index (χ0) is 13.5. The van der Waals surface area contributed by atoms with E-state index in [2.05, 4.69) is 32.9 Å². The van der Waals surface area contributed by atoms with Crippen molar-refractivity contribution in [3.63, 3.8) is 0 Å². The highest BCUT2D eigenvalue weighted by Crippen LogP contribution is 2.28. The molecular weight excluding hydrogens is 224 g/mol. The molecule has 0 aliphatic carbocycles. The van der Waals surface area contributed by atoms with Crippen LogP contribution in [-0.2, 0) is 0 Å². The Hall–Kier alpha value is -1.18. The van der Waals surface area contributed by atoms with Gasteiger partial charge in [0.25, 0.3) is 0 Å². The first-order valence-electron chi connectivity index (χ1n) is 6.97. The van der Waals surface area contributed by atoms with Gasteiger partial charge >= 0.3 is 0 Å². The molecule has 1 aromatic carbocycles. The van der Waals surface area contributed by atoms with Gasteiger partial charge in [0.15, 0.2) is 0 Å². The third kappa shape index (κ3) is 4.99. The largest absolute Gasteiger partial charge is 0.493 e. The van der Waals surface area contributed by atoms with Gasteiger partial charge in [-0.2, -0.15) is 0 Å². The van der Waals surface area contributed by atoms with Crippen molar-refractivity contribution in [3.05, 3.63) is 23.8 Å². The zero-order valence-corrected chi connectivity index (χ0v) is 12.3. The molecule has 0 saturated carbocycles. The van der Waals surface area contributed by atoms with Crippen molar-refractivity contribution in [2.75, 3.05) is 6.61 Å². The Morgan fingerprint density at radius 3 is 2.22 bits per heavy atom. The lowest BCUT2D eigenvalue weighted by atomic mass is 10.0. The third-order valence-corrected chi connectivity index (χ3v) is 2.71. The van der Waals surface area contributed by atoms with Crippen molar-refractivity contribution < 1.29 is 9.47 Å². The number of rotatable bonds is 7. The van der Waals surface area contributed by atoms with Crippen molar-refractivity contribution in [1.29, 1.82) is 0 Å². The van der Waals surface area contributed by atoms with Crippen LogP contribution in [-0.4, -0.2) is 12.7 Å². The van der Waals surface area contributed by atoms with Crippen LogP contribution in [0.25, 0.3) is 0 Å². The van der Waals surface area contributed by atoms with E-state index in [0.29, 0.717) is 5.92 Å². The second kappa shape index (κ2) is 7.30. The van der Waals surface area contributed by atoms with Crippen LogP contribution in [0.2, 0.25) is 0 Å². The lowest BCUT2D eigenvalue weighted by Crippen LogP contribution is -2.06. The number of hydrogen-bond donors (Lipinski definition) is 0. The van der Waals surface area contributed by atoms with Crippen molar-refractivity contribution >= 4 is 0 Å². The molecule has 0 unspecified atom stereocenters. The van der Waals surface area contributed by atoms with Crippen LogP contribution in [0.1, 0.15) is 58.9 Å². The number of unbranched alkanes of at least 4 members (excludes halogenated alkanes) is 1. The molecule has 1 rings (SSSR count). The van der Waals surface area contributed by atoms with E-state index >= 15 is 0 Å². The second-order valence-corrected chi connectivity index (χ2v) is 5.26. The maximum Gasteiger partial charge on any atom is 0.123 e. The molecule has 0 N–H and O–H groups in total. The average Bonchev–Trinajstić information content (AvgIpc) is 2.28. The SMILES string of the molecule is CCCCOc1cc(OC(C)C)cc(C(C)C)c1. The lowest BCUT2D eigenvalue weighted by Gasteiger charge is -2.15. The minimum absolute atomic E-state index is 0.191. The van der Waals surface area contributed by atoms with E-state index in [-0.39, 0.29) is 6.10 Å². The highest BCUT2D eigenvalue weighted by molar-refractivity contribution is 5.39. The van der Waals surface area contributed by atoms with E-state index in [0.717, 1.165) is 30.9 Å². The standard InChI is InChI=1S/C16H26O2/c1-6-7-8-17-15-9-14(12(2)3)10-16(11-15)18-13(4)5/h9-13H,6-8H2,1-5H3. The van der Waals surface area contributed by atoms with Gasteiger partial charge in [0.05, 0.1) is 12.7 Å². The van der Waals surface area contributed by atoms with Gasteiger partial charge in [-0.15, -0.1) is 0 Å². The van der Waals surface area contributed by atoms with Gasteiger partial charge < -0.3 is 9.47 Å². The molecule has 18 heavy (non-hydrogen) atoms.